The second-order valence-electron chi connectivity index (χ2n) is 7.46. The largest absolute Gasteiger partial charge is 0.437 e. The van der Waals surface area contributed by atoms with Crippen LogP contribution in [0.25, 0.3) is 22.4 Å². The highest BCUT2D eigenvalue weighted by Crippen LogP contribution is 2.36. The van der Waals surface area contributed by atoms with Crippen molar-refractivity contribution in [3.05, 3.63) is 47.0 Å². The molecule has 3 rings (SSSR count). The Morgan fingerprint density at radius 1 is 1.19 bits per heavy atom. The standard InChI is InChI=1S/C22H26BrN3O4S/c1-14-7-9-16(10-8-14)19-18(21(27)24-3)17-13-15(2)20(25-22(17)30-19)26(31(4,28)29)12-6-5-11-23/h7-10,13H,5-6,11-12H2,1-4H3,(H,24,27). The molecule has 0 fully saturated rings. The van der Waals surface area contributed by atoms with Gasteiger partial charge in [-0.05, 0) is 38.3 Å². The van der Waals surface area contributed by atoms with Gasteiger partial charge in [-0.2, -0.15) is 4.98 Å². The molecule has 0 saturated carbocycles. The number of fused-ring (bicyclic) bond motifs is 1. The van der Waals surface area contributed by atoms with Crippen molar-refractivity contribution >= 4 is 48.8 Å². The molecule has 1 amide bonds. The molecule has 1 N–H and O–H groups in total. The summed E-state index contributed by atoms with van der Waals surface area (Å²) < 4.78 is 32.3. The lowest BCUT2D eigenvalue weighted by molar-refractivity contribution is 0.0964. The summed E-state index contributed by atoms with van der Waals surface area (Å²) in [5.41, 5.74) is 3.10. The lowest BCUT2D eigenvalue weighted by Crippen LogP contribution is -2.32. The smallest absolute Gasteiger partial charge is 0.255 e. The van der Waals surface area contributed by atoms with E-state index in [1.807, 2.05) is 31.2 Å². The number of amides is 1. The van der Waals surface area contributed by atoms with Gasteiger partial charge in [0.1, 0.15) is 11.6 Å². The molecule has 7 nitrogen and oxygen atoms in total. The average Bonchev–Trinajstić information content (AvgIpc) is 3.08. The SMILES string of the molecule is CNC(=O)c1c(-c2ccc(C)cc2)oc2nc(N(CCCCBr)S(C)(=O)=O)c(C)cc12. The zero-order valence-electron chi connectivity index (χ0n) is 18.0. The molecule has 1 aromatic carbocycles. The van der Waals surface area contributed by atoms with Gasteiger partial charge in [0.2, 0.25) is 15.7 Å². The molecule has 0 spiro atoms. The average molecular weight is 508 g/mol. The maximum Gasteiger partial charge on any atom is 0.255 e. The first kappa shape index (κ1) is 23.3. The lowest BCUT2D eigenvalue weighted by Gasteiger charge is -2.22. The number of sulfonamides is 1. The van der Waals surface area contributed by atoms with Crippen molar-refractivity contribution in [1.82, 2.24) is 10.3 Å². The van der Waals surface area contributed by atoms with E-state index in [2.05, 4.69) is 26.2 Å². The highest BCUT2D eigenvalue weighted by Gasteiger charge is 2.26. The van der Waals surface area contributed by atoms with Crippen molar-refractivity contribution in [2.75, 3.05) is 29.5 Å². The van der Waals surface area contributed by atoms with Gasteiger partial charge in [-0.25, -0.2) is 8.42 Å². The Bertz CT molecular complexity index is 1200. The van der Waals surface area contributed by atoms with Gasteiger partial charge < -0.3 is 9.73 Å². The normalized spacial score (nSPS) is 11.6. The number of unbranched alkanes of at least 4 members (excludes halogenated alkanes) is 1. The fourth-order valence-corrected chi connectivity index (χ4v) is 4.76. The number of aryl methyl sites for hydroxylation is 2. The topological polar surface area (TPSA) is 92.5 Å². The van der Waals surface area contributed by atoms with Crippen molar-refractivity contribution in [3.63, 3.8) is 0 Å². The Morgan fingerprint density at radius 3 is 2.45 bits per heavy atom. The van der Waals surface area contributed by atoms with Crippen LogP contribution in [0.5, 0.6) is 0 Å². The molecule has 0 aliphatic carbocycles. The van der Waals surface area contributed by atoms with E-state index in [1.165, 1.54) is 10.6 Å². The van der Waals surface area contributed by atoms with Crippen LogP contribution in [0.15, 0.2) is 34.7 Å². The van der Waals surface area contributed by atoms with E-state index < -0.39 is 10.0 Å². The molecule has 0 unspecified atom stereocenters. The van der Waals surface area contributed by atoms with Crippen molar-refractivity contribution in [3.8, 4) is 11.3 Å². The van der Waals surface area contributed by atoms with E-state index in [9.17, 15) is 13.2 Å². The van der Waals surface area contributed by atoms with Gasteiger partial charge in [-0.1, -0.05) is 45.8 Å². The third-order valence-electron chi connectivity index (χ3n) is 5.00. The zero-order valence-corrected chi connectivity index (χ0v) is 20.4. The third kappa shape index (κ3) is 4.93. The van der Waals surface area contributed by atoms with Gasteiger partial charge in [0.05, 0.1) is 17.2 Å². The molecule has 0 bridgehead atoms. The summed E-state index contributed by atoms with van der Waals surface area (Å²) >= 11 is 3.37. The van der Waals surface area contributed by atoms with Crippen molar-refractivity contribution in [2.24, 2.45) is 0 Å². The highest BCUT2D eigenvalue weighted by atomic mass is 79.9. The molecule has 2 aromatic heterocycles. The van der Waals surface area contributed by atoms with Gasteiger partial charge >= 0.3 is 0 Å². The number of hydrogen-bond donors (Lipinski definition) is 1. The quantitative estimate of drug-likeness (QED) is 0.360. The zero-order chi connectivity index (χ0) is 22.8. The number of anilines is 1. The molecular formula is C22H26BrN3O4S. The van der Waals surface area contributed by atoms with E-state index in [1.54, 1.807) is 20.0 Å². The van der Waals surface area contributed by atoms with Gasteiger partial charge in [0.15, 0.2) is 0 Å². The minimum Gasteiger partial charge on any atom is -0.437 e. The molecule has 0 aliphatic rings. The molecule has 9 heteroatoms. The van der Waals surface area contributed by atoms with Crippen molar-refractivity contribution in [1.29, 1.82) is 0 Å². The number of furan rings is 1. The van der Waals surface area contributed by atoms with Gasteiger partial charge in [0.25, 0.3) is 5.91 Å². The number of nitrogens with one attached hydrogen (secondary N) is 1. The van der Waals surface area contributed by atoms with Crippen LogP contribution in [-0.4, -0.2) is 44.5 Å². The van der Waals surface area contributed by atoms with Crippen LogP contribution in [0, 0.1) is 13.8 Å². The number of aromatic nitrogens is 1. The third-order valence-corrected chi connectivity index (χ3v) is 6.71. The second-order valence-corrected chi connectivity index (χ2v) is 10.2. The summed E-state index contributed by atoms with van der Waals surface area (Å²) in [5.74, 6) is 0.432. The van der Waals surface area contributed by atoms with E-state index in [-0.39, 0.29) is 11.6 Å². The Kier molecular flexibility index (Phi) is 7.06. The summed E-state index contributed by atoms with van der Waals surface area (Å²) in [6, 6.07) is 9.42. The Labute approximate surface area is 191 Å². The minimum absolute atomic E-state index is 0.226. The number of alkyl halides is 1. The summed E-state index contributed by atoms with van der Waals surface area (Å²) in [5, 5.41) is 4.00. The monoisotopic (exact) mass is 507 g/mol. The number of rotatable bonds is 8. The predicted octanol–water partition coefficient (Wildman–Crippen LogP) is 4.41. The number of hydrogen-bond acceptors (Lipinski definition) is 5. The van der Waals surface area contributed by atoms with Crippen LogP contribution in [0.3, 0.4) is 0 Å². The molecule has 0 radical (unpaired) electrons. The predicted molar refractivity (Wildman–Crippen MR) is 128 cm³/mol. The van der Waals surface area contributed by atoms with Crippen molar-refractivity contribution < 1.29 is 17.6 Å². The summed E-state index contributed by atoms with van der Waals surface area (Å²) in [4.78, 5) is 17.3. The first-order chi connectivity index (χ1) is 14.7. The van der Waals surface area contributed by atoms with E-state index >= 15 is 0 Å². The van der Waals surface area contributed by atoms with Crippen LogP contribution >= 0.6 is 15.9 Å². The van der Waals surface area contributed by atoms with Crippen LogP contribution in [0.2, 0.25) is 0 Å². The number of halogens is 1. The number of nitrogens with zero attached hydrogens (tertiary/aromatic N) is 2. The van der Waals surface area contributed by atoms with E-state index in [0.29, 0.717) is 41.1 Å². The number of carbonyl (C=O) groups excluding carboxylic acids is 1. The first-order valence-electron chi connectivity index (χ1n) is 9.94. The number of benzene rings is 1. The Morgan fingerprint density at radius 2 is 1.87 bits per heavy atom. The maximum absolute atomic E-state index is 12.7. The fourth-order valence-electron chi connectivity index (χ4n) is 3.40. The van der Waals surface area contributed by atoms with Crippen LogP contribution in [0.4, 0.5) is 5.82 Å². The Balaban J connectivity index is 2.21. The van der Waals surface area contributed by atoms with Crippen LogP contribution in [0.1, 0.15) is 34.3 Å². The van der Waals surface area contributed by atoms with Gasteiger partial charge in [-0.15, -0.1) is 0 Å². The summed E-state index contributed by atoms with van der Waals surface area (Å²) in [6.45, 7) is 4.09. The molecule has 3 aromatic rings. The molecule has 31 heavy (non-hydrogen) atoms. The molecule has 0 aliphatic heterocycles. The van der Waals surface area contributed by atoms with E-state index in [4.69, 9.17) is 4.42 Å². The fraction of sp³-hybridized carbons (Fsp3) is 0.364. The van der Waals surface area contributed by atoms with Crippen LogP contribution in [-0.2, 0) is 10.0 Å². The summed E-state index contributed by atoms with van der Waals surface area (Å²) in [6.07, 6.45) is 2.70. The molecule has 0 saturated heterocycles. The first-order valence-corrected chi connectivity index (χ1v) is 12.9. The minimum atomic E-state index is -3.54. The molecule has 0 atom stereocenters. The van der Waals surface area contributed by atoms with E-state index in [0.717, 1.165) is 22.9 Å². The second kappa shape index (κ2) is 9.40. The summed E-state index contributed by atoms with van der Waals surface area (Å²) in [7, 11) is -1.98. The number of pyridine rings is 1. The van der Waals surface area contributed by atoms with Gasteiger partial charge in [-0.3, -0.25) is 9.10 Å². The molecule has 166 valence electrons. The van der Waals surface area contributed by atoms with Gasteiger partial charge in [0, 0.05) is 24.5 Å². The molecule has 2 heterocycles. The van der Waals surface area contributed by atoms with Crippen LogP contribution < -0.4 is 9.62 Å². The maximum atomic E-state index is 12.7. The van der Waals surface area contributed by atoms with Crippen molar-refractivity contribution in [2.45, 2.75) is 26.7 Å². The Hall–Kier alpha value is -2.39. The lowest BCUT2D eigenvalue weighted by atomic mass is 10.0. The highest BCUT2D eigenvalue weighted by molar-refractivity contribution is 9.09. The number of carbonyl (C=O) groups is 1. The molecular weight excluding hydrogens is 482 g/mol.